The second kappa shape index (κ2) is 5.31. The van der Waals surface area contributed by atoms with Gasteiger partial charge in [0.2, 0.25) is 6.79 Å². The van der Waals surface area contributed by atoms with Crippen molar-refractivity contribution in [3.63, 3.8) is 0 Å². The molecular weight excluding hydrogens is 287 g/mol. The number of alkyl halides is 1. The molecule has 0 amide bonds. The van der Waals surface area contributed by atoms with Gasteiger partial charge in [-0.3, -0.25) is 0 Å². The minimum absolute atomic E-state index is 0. The standard InChI is InChI=1S/C13H13ClN2O2.ClH/c1-16(2)13-9(6-14)3-8-4-11-12(18-7-17-11)5-10(8)15-13;/h3-5H,6-7H2,1-2H3;1H. The Balaban J connectivity index is 0.00000133. The van der Waals surface area contributed by atoms with Crippen molar-refractivity contribution in [1.82, 2.24) is 4.98 Å². The van der Waals surface area contributed by atoms with Crippen LogP contribution in [-0.4, -0.2) is 25.9 Å². The molecule has 0 spiro atoms. The molecule has 0 N–H and O–H groups in total. The molecule has 0 saturated heterocycles. The van der Waals surface area contributed by atoms with E-state index >= 15 is 0 Å². The molecular formula is C13H14Cl2N2O2. The number of anilines is 1. The lowest BCUT2D eigenvalue weighted by Gasteiger charge is -2.16. The third-order valence-electron chi connectivity index (χ3n) is 2.93. The molecule has 102 valence electrons. The van der Waals surface area contributed by atoms with Crippen molar-refractivity contribution in [2.24, 2.45) is 0 Å². The van der Waals surface area contributed by atoms with Gasteiger partial charge in [0.15, 0.2) is 11.5 Å². The zero-order chi connectivity index (χ0) is 12.7. The number of benzene rings is 1. The van der Waals surface area contributed by atoms with Crippen LogP contribution in [0.1, 0.15) is 5.56 Å². The Morgan fingerprint density at radius 3 is 2.53 bits per heavy atom. The van der Waals surface area contributed by atoms with Gasteiger partial charge in [-0.25, -0.2) is 4.98 Å². The summed E-state index contributed by atoms with van der Waals surface area (Å²) in [6.45, 7) is 0.272. The number of nitrogens with zero attached hydrogens (tertiary/aromatic N) is 2. The summed E-state index contributed by atoms with van der Waals surface area (Å²) in [5.41, 5.74) is 1.89. The maximum atomic E-state index is 5.97. The zero-order valence-electron chi connectivity index (χ0n) is 10.6. The molecule has 3 rings (SSSR count). The van der Waals surface area contributed by atoms with Crippen LogP contribution in [-0.2, 0) is 5.88 Å². The number of hydrogen-bond donors (Lipinski definition) is 0. The molecule has 1 aliphatic heterocycles. The quantitative estimate of drug-likeness (QED) is 0.798. The highest BCUT2D eigenvalue weighted by Crippen LogP contribution is 2.36. The first-order valence-electron chi connectivity index (χ1n) is 5.65. The van der Waals surface area contributed by atoms with Crippen LogP contribution in [0.4, 0.5) is 5.82 Å². The van der Waals surface area contributed by atoms with Crippen molar-refractivity contribution in [2.45, 2.75) is 5.88 Å². The summed E-state index contributed by atoms with van der Waals surface area (Å²) in [7, 11) is 3.91. The van der Waals surface area contributed by atoms with E-state index in [0.29, 0.717) is 5.88 Å². The minimum Gasteiger partial charge on any atom is -0.454 e. The average Bonchev–Trinajstić information content (AvgIpc) is 2.81. The Kier molecular flexibility index (Phi) is 3.92. The highest BCUT2D eigenvalue weighted by molar-refractivity contribution is 6.17. The maximum Gasteiger partial charge on any atom is 0.231 e. The van der Waals surface area contributed by atoms with Gasteiger partial charge in [0.25, 0.3) is 0 Å². The summed E-state index contributed by atoms with van der Waals surface area (Å²) in [5.74, 6) is 2.84. The monoisotopic (exact) mass is 300 g/mol. The van der Waals surface area contributed by atoms with Crippen LogP contribution in [0.2, 0.25) is 0 Å². The van der Waals surface area contributed by atoms with Gasteiger partial charge in [-0.1, -0.05) is 0 Å². The predicted molar refractivity (Wildman–Crippen MR) is 79.0 cm³/mol. The van der Waals surface area contributed by atoms with E-state index in [2.05, 4.69) is 4.98 Å². The summed E-state index contributed by atoms with van der Waals surface area (Å²) in [4.78, 5) is 6.59. The molecule has 0 aliphatic carbocycles. The largest absolute Gasteiger partial charge is 0.454 e. The molecule has 0 fully saturated rings. The van der Waals surface area contributed by atoms with E-state index in [1.54, 1.807) is 0 Å². The highest BCUT2D eigenvalue weighted by Gasteiger charge is 2.16. The number of pyridine rings is 1. The Morgan fingerprint density at radius 1 is 1.21 bits per heavy atom. The van der Waals surface area contributed by atoms with Crippen molar-refractivity contribution in [3.05, 3.63) is 23.8 Å². The summed E-state index contributed by atoms with van der Waals surface area (Å²) in [6.07, 6.45) is 0. The zero-order valence-corrected chi connectivity index (χ0v) is 12.2. The van der Waals surface area contributed by atoms with Gasteiger partial charge in [0.05, 0.1) is 11.4 Å². The first-order chi connectivity index (χ1) is 8.69. The molecule has 1 aromatic heterocycles. The SMILES string of the molecule is CN(C)c1nc2cc3c(cc2cc1CCl)OCO3.Cl. The van der Waals surface area contributed by atoms with Crippen molar-refractivity contribution in [1.29, 1.82) is 0 Å². The maximum absolute atomic E-state index is 5.97. The Morgan fingerprint density at radius 2 is 1.89 bits per heavy atom. The van der Waals surface area contributed by atoms with E-state index in [1.807, 2.05) is 37.2 Å². The van der Waals surface area contributed by atoms with E-state index in [1.165, 1.54) is 0 Å². The second-order valence-corrected chi connectivity index (χ2v) is 4.66. The molecule has 1 aromatic carbocycles. The molecule has 19 heavy (non-hydrogen) atoms. The number of ether oxygens (including phenoxy) is 2. The molecule has 2 heterocycles. The van der Waals surface area contributed by atoms with Crippen molar-refractivity contribution < 1.29 is 9.47 Å². The minimum atomic E-state index is 0. The van der Waals surface area contributed by atoms with Crippen molar-refractivity contribution >= 4 is 40.7 Å². The highest BCUT2D eigenvalue weighted by atomic mass is 35.5. The first kappa shape index (κ1) is 14.0. The fourth-order valence-electron chi connectivity index (χ4n) is 2.08. The summed E-state index contributed by atoms with van der Waals surface area (Å²) < 4.78 is 10.7. The Bertz CT molecular complexity index is 617. The fourth-order valence-corrected chi connectivity index (χ4v) is 2.28. The van der Waals surface area contributed by atoms with Crippen LogP contribution in [0.15, 0.2) is 18.2 Å². The van der Waals surface area contributed by atoms with Crippen molar-refractivity contribution in [3.8, 4) is 11.5 Å². The summed E-state index contributed by atoms with van der Waals surface area (Å²) in [5, 5.41) is 1.01. The molecule has 0 unspecified atom stereocenters. The van der Waals surface area contributed by atoms with E-state index in [9.17, 15) is 0 Å². The predicted octanol–water partition coefficient (Wildman–Crippen LogP) is 3.19. The molecule has 1 aliphatic rings. The normalized spacial score (nSPS) is 12.4. The van der Waals surface area contributed by atoms with E-state index in [4.69, 9.17) is 21.1 Å². The topological polar surface area (TPSA) is 34.6 Å². The number of rotatable bonds is 2. The van der Waals surface area contributed by atoms with Gasteiger partial charge in [-0.2, -0.15) is 0 Å². The summed E-state index contributed by atoms with van der Waals surface area (Å²) >= 11 is 5.97. The first-order valence-corrected chi connectivity index (χ1v) is 6.19. The number of aromatic nitrogens is 1. The van der Waals surface area contributed by atoms with Gasteiger partial charge in [-0.05, 0) is 12.1 Å². The number of halogens is 2. The van der Waals surface area contributed by atoms with Crippen molar-refractivity contribution in [2.75, 3.05) is 25.8 Å². The average molecular weight is 301 g/mol. The second-order valence-electron chi connectivity index (χ2n) is 4.40. The molecule has 0 saturated carbocycles. The Hall–Kier alpha value is -1.39. The lowest BCUT2D eigenvalue weighted by Crippen LogP contribution is -2.13. The van der Waals surface area contributed by atoms with Crippen LogP contribution < -0.4 is 14.4 Å². The molecule has 2 aromatic rings. The molecule has 0 radical (unpaired) electrons. The van der Waals surface area contributed by atoms with Gasteiger partial charge >= 0.3 is 0 Å². The van der Waals surface area contributed by atoms with E-state index in [0.717, 1.165) is 33.8 Å². The molecule has 0 bridgehead atoms. The number of hydrogen-bond acceptors (Lipinski definition) is 4. The van der Waals surface area contributed by atoms with Gasteiger partial charge in [0, 0.05) is 31.1 Å². The number of fused-ring (bicyclic) bond motifs is 2. The smallest absolute Gasteiger partial charge is 0.231 e. The molecule has 6 heteroatoms. The lowest BCUT2D eigenvalue weighted by molar-refractivity contribution is 0.174. The van der Waals surface area contributed by atoms with Crippen LogP contribution in [0.3, 0.4) is 0 Å². The van der Waals surface area contributed by atoms with E-state index in [-0.39, 0.29) is 19.2 Å². The third kappa shape index (κ3) is 2.38. The Labute approximate surface area is 122 Å². The third-order valence-corrected chi connectivity index (χ3v) is 3.22. The van der Waals surface area contributed by atoms with Crippen LogP contribution in [0, 0.1) is 0 Å². The molecule has 0 atom stereocenters. The van der Waals surface area contributed by atoms with E-state index < -0.39 is 0 Å². The summed E-state index contributed by atoms with van der Waals surface area (Å²) in [6, 6.07) is 5.90. The van der Waals surface area contributed by atoms with Gasteiger partial charge < -0.3 is 14.4 Å². The lowest BCUT2D eigenvalue weighted by atomic mass is 10.1. The van der Waals surface area contributed by atoms with Gasteiger partial charge in [0.1, 0.15) is 5.82 Å². The molecule has 4 nitrogen and oxygen atoms in total. The van der Waals surface area contributed by atoms with Crippen LogP contribution >= 0.6 is 24.0 Å². The fraction of sp³-hybridized carbons (Fsp3) is 0.308. The van der Waals surface area contributed by atoms with Crippen LogP contribution in [0.5, 0.6) is 11.5 Å². The van der Waals surface area contributed by atoms with Crippen LogP contribution in [0.25, 0.3) is 10.9 Å². The van der Waals surface area contributed by atoms with Gasteiger partial charge in [-0.15, -0.1) is 24.0 Å².